The highest BCUT2D eigenvalue weighted by Gasteiger charge is 2.43. The number of carbonyl (C=O) groups excluding carboxylic acids is 1. The Labute approximate surface area is 385 Å². The lowest BCUT2D eigenvalue weighted by molar-refractivity contribution is 0.112. The highest BCUT2D eigenvalue weighted by atomic mass is 32.2. The number of imidazole rings is 2. The number of carbonyl (C=O) groups is 1. The van der Waals surface area contributed by atoms with Crippen LogP contribution in [0.15, 0.2) is 110 Å². The second-order valence-corrected chi connectivity index (χ2v) is 20.3. The Hall–Kier alpha value is -5.79. The first-order chi connectivity index (χ1) is 31.5. The molecule has 4 unspecified atom stereocenters. The maximum Gasteiger partial charge on any atom is 0.220 e. The van der Waals surface area contributed by atoms with Crippen molar-refractivity contribution in [2.45, 2.75) is 76.8 Å². The van der Waals surface area contributed by atoms with Crippen LogP contribution in [-0.4, -0.2) is 94.3 Å². The Balaban J connectivity index is 0.000000182. The summed E-state index contributed by atoms with van der Waals surface area (Å²) in [5, 5.41) is 10.2. The number of rotatable bonds is 11. The van der Waals surface area contributed by atoms with Crippen molar-refractivity contribution in [3.63, 3.8) is 0 Å². The Bertz CT molecular complexity index is 2800. The largest absolute Gasteiger partial charge is 0.495 e. The molecule has 6 aromatic rings. The minimum Gasteiger partial charge on any atom is -0.495 e. The van der Waals surface area contributed by atoms with Crippen LogP contribution in [0.2, 0.25) is 0 Å². The van der Waals surface area contributed by atoms with Crippen LogP contribution in [0.3, 0.4) is 0 Å². The molecular weight excluding hydrogens is 891 g/mol. The van der Waals surface area contributed by atoms with E-state index >= 15 is 0 Å². The van der Waals surface area contributed by atoms with Crippen LogP contribution >= 0.6 is 0 Å². The van der Waals surface area contributed by atoms with E-state index in [2.05, 4.69) is 9.97 Å². The second-order valence-electron chi connectivity index (χ2n) is 16.2. The lowest BCUT2D eigenvalue weighted by Crippen LogP contribution is -2.47. The topological polar surface area (TPSA) is 166 Å². The smallest absolute Gasteiger partial charge is 0.220 e. The molecule has 4 atom stereocenters. The van der Waals surface area contributed by atoms with Gasteiger partial charge in [0.05, 0.1) is 61.5 Å². The molecule has 2 aromatic heterocycles. The molecule has 0 saturated carbocycles. The van der Waals surface area contributed by atoms with Crippen molar-refractivity contribution in [1.29, 1.82) is 0 Å². The number of benzene rings is 4. The van der Waals surface area contributed by atoms with E-state index in [0.717, 1.165) is 47.5 Å². The summed E-state index contributed by atoms with van der Waals surface area (Å²) in [5.41, 5.74) is 6.00. The van der Waals surface area contributed by atoms with E-state index in [-0.39, 0.29) is 23.4 Å². The second kappa shape index (κ2) is 21.7. The average Bonchev–Trinajstić information content (AvgIpc) is 3.96. The van der Waals surface area contributed by atoms with Gasteiger partial charge >= 0.3 is 0 Å². The van der Waals surface area contributed by atoms with E-state index in [0.29, 0.717) is 54.1 Å². The van der Waals surface area contributed by atoms with Gasteiger partial charge in [-0.2, -0.15) is 8.61 Å². The number of nitrogens with zero attached hydrogens (tertiary/aromatic N) is 6. The minimum atomic E-state index is -3.81. The van der Waals surface area contributed by atoms with Crippen LogP contribution < -0.4 is 9.47 Å². The van der Waals surface area contributed by atoms with Gasteiger partial charge in [0.2, 0.25) is 20.0 Å². The number of sulfonamides is 2. The number of aliphatic hydroxyl groups is 1. The van der Waals surface area contributed by atoms with Gasteiger partial charge in [0.25, 0.3) is 0 Å². The first-order valence-corrected chi connectivity index (χ1v) is 24.6. The van der Waals surface area contributed by atoms with Gasteiger partial charge in [-0.15, -0.1) is 0 Å². The first-order valence-electron chi connectivity index (χ1n) is 21.5. The molecule has 0 bridgehead atoms. The number of aromatic nitrogens is 4. The molecule has 1 N–H and O–H groups in total. The molecule has 8 rings (SSSR count). The molecule has 2 aliphatic heterocycles. The third kappa shape index (κ3) is 11.6. The zero-order valence-electron chi connectivity index (χ0n) is 37.8. The summed E-state index contributed by atoms with van der Waals surface area (Å²) in [6, 6.07) is 21.6. The quantitative estimate of drug-likeness (QED) is 0.125. The number of halogens is 2. The number of methoxy groups -OCH3 is 2. The Morgan fingerprint density at radius 3 is 1.65 bits per heavy atom. The fraction of sp³-hybridized carbons (Fsp3) is 0.354. The third-order valence-electron chi connectivity index (χ3n) is 11.8. The Morgan fingerprint density at radius 2 is 1.17 bits per heavy atom. The average molecular weight is 947 g/mol. The summed E-state index contributed by atoms with van der Waals surface area (Å²) >= 11 is 0. The highest BCUT2D eigenvalue weighted by molar-refractivity contribution is 7.89. The molecule has 0 radical (unpaired) electrons. The summed E-state index contributed by atoms with van der Waals surface area (Å²) < 4.78 is 94.3. The minimum absolute atomic E-state index is 0.221. The van der Waals surface area contributed by atoms with E-state index in [1.54, 1.807) is 81.3 Å². The monoisotopic (exact) mass is 946 g/mol. The molecule has 2 fully saturated rings. The van der Waals surface area contributed by atoms with Crippen molar-refractivity contribution in [2.75, 3.05) is 33.1 Å². The highest BCUT2D eigenvalue weighted by Crippen LogP contribution is 2.38. The molecule has 2 saturated heterocycles. The number of aldehydes is 1. The van der Waals surface area contributed by atoms with Crippen molar-refractivity contribution < 1.29 is 45.0 Å². The molecule has 66 heavy (non-hydrogen) atoms. The van der Waals surface area contributed by atoms with E-state index < -0.39 is 37.4 Å². The van der Waals surface area contributed by atoms with Gasteiger partial charge in [-0.3, -0.25) is 4.79 Å². The molecule has 0 spiro atoms. The Morgan fingerprint density at radius 1 is 0.682 bits per heavy atom. The summed E-state index contributed by atoms with van der Waals surface area (Å²) in [5.74, 6) is 0.709. The van der Waals surface area contributed by atoms with Crippen LogP contribution in [-0.2, 0) is 20.0 Å². The lowest BCUT2D eigenvalue weighted by Gasteiger charge is -2.38. The zero-order valence-corrected chi connectivity index (χ0v) is 39.4. The van der Waals surface area contributed by atoms with Gasteiger partial charge in [-0.25, -0.2) is 35.6 Å². The van der Waals surface area contributed by atoms with Crippen molar-refractivity contribution >= 4 is 26.3 Å². The van der Waals surface area contributed by atoms with Gasteiger partial charge in [0, 0.05) is 43.1 Å². The van der Waals surface area contributed by atoms with Crippen LogP contribution in [0.25, 0.3) is 11.4 Å². The lowest BCUT2D eigenvalue weighted by atomic mass is 10.0. The molecule has 352 valence electrons. The number of hydrogen-bond acceptors (Lipinski definition) is 10. The van der Waals surface area contributed by atoms with E-state index in [4.69, 9.17) is 9.47 Å². The number of aliphatic hydroxyl groups excluding tert-OH is 1. The molecule has 18 heteroatoms. The molecular formula is C48H56F2N6O8S2. The SMILES string of the molecule is CC(c1ccc(F)cc1)N1CCCCS1(=O)=O.COc1cc(C(O)C2CCCN(C(C)c3ccc(F)cc3)S2(=O)=O)ccc1-n1cnc(C)c1.COc1cc(C=O)ccc1-n1cnc(C)c1. The predicted octanol–water partition coefficient (Wildman–Crippen LogP) is 8.23. The number of ether oxygens (including phenoxy) is 2. The van der Waals surface area contributed by atoms with Gasteiger partial charge in [-0.05, 0) is 125 Å². The molecule has 0 aliphatic carbocycles. The molecule has 4 heterocycles. The Kier molecular flexibility index (Phi) is 16.3. The molecule has 2 aliphatic rings. The fourth-order valence-corrected chi connectivity index (χ4v) is 12.1. The fourth-order valence-electron chi connectivity index (χ4n) is 8.08. The van der Waals surface area contributed by atoms with Gasteiger partial charge in [-0.1, -0.05) is 30.3 Å². The normalized spacial score (nSPS) is 18.3. The van der Waals surface area contributed by atoms with Crippen molar-refractivity contribution in [2.24, 2.45) is 0 Å². The maximum atomic E-state index is 13.5. The van der Waals surface area contributed by atoms with Crippen LogP contribution in [0, 0.1) is 25.5 Å². The van der Waals surface area contributed by atoms with Crippen molar-refractivity contribution in [1.82, 2.24) is 27.7 Å². The summed E-state index contributed by atoms with van der Waals surface area (Å²) in [4.78, 5) is 19.0. The van der Waals surface area contributed by atoms with Gasteiger partial charge < -0.3 is 23.7 Å². The van der Waals surface area contributed by atoms with E-state index in [1.165, 1.54) is 40.0 Å². The van der Waals surface area contributed by atoms with Crippen LogP contribution in [0.1, 0.15) is 96.2 Å². The molecule has 14 nitrogen and oxygen atoms in total. The summed E-state index contributed by atoms with van der Waals surface area (Å²) in [6.45, 7) is 8.34. The number of aryl methyl sites for hydroxylation is 2. The van der Waals surface area contributed by atoms with Crippen LogP contribution in [0.5, 0.6) is 11.5 Å². The summed E-state index contributed by atoms with van der Waals surface area (Å²) in [7, 11) is -3.85. The first kappa shape index (κ1) is 49.6. The molecule has 4 aromatic carbocycles. The van der Waals surface area contributed by atoms with Crippen molar-refractivity contribution in [3.8, 4) is 22.9 Å². The van der Waals surface area contributed by atoms with E-state index in [9.17, 15) is 35.5 Å². The van der Waals surface area contributed by atoms with E-state index in [1.807, 2.05) is 48.4 Å². The van der Waals surface area contributed by atoms with Gasteiger partial charge in [0.15, 0.2) is 0 Å². The van der Waals surface area contributed by atoms with Crippen LogP contribution in [0.4, 0.5) is 8.78 Å². The van der Waals surface area contributed by atoms with Gasteiger partial charge in [0.1, 0.15) is 34.7 Å². The number of hydrogen-bond donors (Lipinski definition) is 1. The predicted molar refractivity (Wildman–Crippen MR) is 248 cm³/mol. The summed E-state index contributed by atoms with van der Waals surface area (Å²) in [6.07, 6.45) is 9.32. The standard InChI is InChI=1S/C24H28FN3O4S.C12H16FNO2S.C12H12N2O2/c1-16-14-27(15-26-16)21-11-8-19(13-22(21)32-3)24(29)23-5-4-12-28(33(23,30)31)17(2)18-6-9-20(25)10-7-18;1-10(11-4-6-12(13)7-5-11)14-8-2-3-9-17(14,15)16;1-9-6-14(8-13-9)11-4-3-10(7-15)5-12(11)16-2/h6-11,13-15,17,23-24,29H,4-5,12H2,1-3H3;4-7,10H,2-3,8-9H2,1H3;3-8H,1-2H3. The van der Waals surface area contributed by atoms with Crippen molar-refractivity contribution in [3.05, 3.63) is 155 Å². The third-order valence-corrected chi connectivity index (χ3v) is 16.2. The maximum absolute atomic E-state index is 13.5. The molecule has 0 amide bonds. The zero-order chi connectivity index (χ0) is 47.8.